The van der Waals surface area contributed by atoms with Crippen LogP contribution in [-0.4, -0.2) is 21.4 Å². The molecule has 1 unspecified atom stereocenters. The first-order chi connectivity index (χ1) is 15.8. The van der Waals surface area contributed by atoms with Crippen molar-refractivity contribution in [1.82, 2.24) is 9.78 Å². The van der Waals surface area contributed by atoms with Gasteiger partial charge in [-0.3, -0.25) is 4.79 Å². The number of carbonyl (C=O) groups is 1. The molecule has 1 N–H and O–H groups in total. The summed E-state index contributed by atoms with van der Waals surface area (Å²) in [5, 5.41) is 7.67. The van der Waals surface area contributed by atoms with Crippen LogP contribution >= 0.6 is 11.8 Å². The molecule has 1 aromatic heterocycles. The molecular formula is C26H23N3O2S. The Kier molecular flexibility index (Phi) is 5.94. The summed E-state index contributed by atoms with van der Waals surface area (Å²) in [5.41, 5.74) is 4.42. The number of fused-ring (bicyclic) bond motifs is 1. The standard InChI is InChI=1S/C26H23N3O2S/c30-24-18-32-25(21-11-13-22(14-12-21)31-17-20-9-5-2-6-10-20)23-15-27-29(26(23)28-24)16-19-7-3-1-4-8-19/h1-15,25H,16-18H2,(H,28,30). The molecule has 4 aromatic rings. The molecule has 0 bridgehead atoms. The van der Waals surface area contributed by atoms with Gasteiger partial charge in [0.15, 0.2) is 0 Å². The van der Waals surface area contributed by atoms with Gasteiger partial charge in [-0.1, -0.05) is 72.8 Å². The van der Waals surface area contributed by atoms with Crippen LogP contribution in [-0.2, 0) is 17.9 Å². The average Bonchev–Trinajstić information content (AvgIpc) is 3.12. The monoisotopic (exact) mass is 441 g/mol. The molecule has 6 heteroatoms. The Labute approximate surface area is 191 Å². The highest BCUT2D eigenvalue weighted by atomic mass is 32.2. The molecule has 0 spiro atoms. The Bertz CT molecular complexity index is 1190. The fourth-order valence-electron chi connectivity index (χ4n) is 3.78. The van der Waals surface area contributed by atoms with E-state index in [-0.39, 0.29) is 11.2 Å². The van der Waals surface area contributed by atoms with E-state index in [2.05, 4.69) is 46.8 Å². The number of anilines is 1. The predicted octanol–water partition coefficient (Wildman–Crippen LogP) is 5.29. The SMILES string of the molecule is O=C1CSC(c2ccc(OCc3ccccc3)cc2)c2cnn(Cc3ccccc3)c2N1. The molecule has 5 nitrogen and oxygen atoms in total. The maximum Gasteiger partial charge on any atom is 0.235 e. The second-order valence-electron chi connectivity index (χ2n) is 7.67. The van der Waals surface area contributed by atoms with Crippen LogP contribution in [0.2, 0.25) is 0 Å². The van der Waals surface area contributed by atoms with Crippen LogP contribution in [0.5, 0.6) is 5.75 Å². The maximum absolute atomic E-state index is 12.4. The van der Waals surface area contributed by atoms with Crippen LogP contribution in [0.15, 0.2) is 91.1 Å². The van der Waals surface area contributed by atoms with Crippen LogP contribution in [0.25, 0.3) is 0 Å². The van der Waals surface area contributed by atoms with Crippen LogP contribution in [0.3, 0.4) is 0 Å². The fourth-order valence-corrected chi connectivity index (χ4v) is 4.87. The van der Waals surface area contributed by atoms with Crippen LogP contribution in [0.4, 0.5) is 5.82 Å². The topological polar surface area (TPSA) is 56.1 Å². The van der Waals surface area contributed by atoms with Crippen LogP contribution in [0, 0.1) is 0 Å². The van der Waals surface area contributed by atoms with Crippen molar-refractivity contribution in [3.8, 4) is 5.75 Å². The second kappa shape index (κ2) is 9.32. The number of nitrogens with one attached hydrogen (secondary N) is 1. The molecule has 0 aliphatic carbocycles. The van der Waals surface area contributed by atoms with E-state index >= 15 is 0 Å². The van der Waals surface area contributed by atoms with Crippen LogP contribution in [0.1, 0.15) is 27.5 Å². The molecule has 0 saturated heterocycles. The Hall–Kier alpha value is -3.51. The molecule has 1 aliphatic heterocycles. The lowest BCUT2D eigenvalue weighted by Crippen LogP contribution is -2.16. The molecule has 3 aromatic carbocycles. The fraction of sp³-hybridized carbons (Fsp3) is 0.154. The second-order valence-corrected chi connectivity index (χ2v) is 8.77. The third kappa shape index (κ3) is 4.55. The van der Waals surface area contributed by atoms with Crippen molar-refractivity contribution in [1.29, 1.82) is 0 Å². The van der Waals surface area contributed by atoms with Crippen molar-refractivity contribution in [2.24, 2.45) is 0 Å². The number of rotatable bonds is 6. The first-order valence-corrected chi connectivity index (χ1v) is 11.6. The van der Waals surface area contributed by atoms with Crippen molar-refractivity contribution in [2.45, 2.75) is 18.4 Å². The van der Waals surface area contributed by atoms with E-state index in [0.29, 0.717) is 18.9 Å². The normalized spacial score (nSPS) is 15.5. The van der Waals surface area contributed by atoms with Gasteiger partial charge in [0.25, 0.3) is 0 Å². The predicted molar refractivity (Wildman–Crippen MR) is 128 cm³/mol. The summed E-state index contributed by atoms with van der Waals surface area (Å²) in [6.07, 6.45) is 1.88. The lowest BCUT2D eigenvalue weighted by Gasteiger charge is -2.15. The zero-order valence-electron chi connectivity index (χ0n) is 17.5. The number of nitrogens with zero attached hydrogens (tertiary/aromatic N) is 2. The zero-order chi connectivity index (χ0) is 21.8. The summed E-state index contributed by atoms with van der Waals surface area (Å²) in [4.78, 5) is 12.4. The van der Waals surface area contributed by atoms with Gasteiger partial charge in [0.05, 0.1) is 23.7 Å². The number of thioether (sulfide) groups is 1. The molecular weight excluding hydrogens is 418 g/mol. The molecule has 32 heavy (non-hydrogen) atoms. The number of hydrogen-bond acceptors (Lipinski definition) is 4. The van der Waals surface area contributed by atoms with Gasteiger partial charge in [0, 0.05) is 5.56 Å². The van der Waals surface area contributed by atoms with Gasteiger partial charge < -0.3 is 10.1 Å². The minimum absolute atomic E-state index is 0.00336. The van der Waals surface area contributed by atoms with E-state index in [1.165, 1.54) is 0 Å². The van der Waals surface area contributed by atoms with E-state index in [0.717, 1.165) is 33.8 Å². The van der Waals surface area contributed by atoms with Gasteiger partial charge in [-0.25, -0.2) is 4.68 Å². The molecule has 160 valence electrons. The highest BCUT2D eigenvalue weighted by molar-refractivity contribution is 8.00. The molecule has 0 fully saturated rings. The maximum atomic E-state index is 12.4. The van der Waals surface area contributed by atoms with Gasteiger partial charge in [0.1, 0.15) is 18.2 Å². The Balaban J connectivity index is 1.36. The molecule has 1 aliphatic rings. The summed E-state index contributed by atoms with van der Waals surface area (Å²) in [7, 11) is 0. The number of amides is 1. The van der Waals surface area contributed by atoms with E-state index in [1.807, 2.05) is 59.4 Å². The number of carbonyl (C=O) groups excluding carboxylic acids is 1. The van der Waals surface area contributed by atoms with Crippen molar-refractivity contribution >= 4 is 23.5 Å². The largest absolute Gasteiger partial charge is 0.489 e. The summed E-state index contributed by atoms with van der Waals surface area (Å²) >= 11 is 1.62. The van der Waals surface area contributed by atoms with Gasteiger partial charge in [-0.05, 0) is 28.8 Å². The third-order valence-corrected chi connectivity index (χ3v) is 6.68. The number of benzene rings is 3. The van der Waals surface area contributed by atoms with Gasteiger partial charge >= 0.3 is 0 Å². The van der Waals surface area contributed by atoms with E-state index < -0.39 is 0 Å². The first-order valence-electron chi connectivity index (χ1n) is 10.5. The molecule has 1 atom stereocenters. The third-order valence-electron chi connectivity index (χ3n) is 5.40. The summed E-state index contributed by atoms with van der Waals surface area (Å²) < 4.78 is 7.80. The number of hydrogen-bond donors (Lipinski definition) is 1. The molecule has 5 rings (SSSR count). The highest BCUT2D eigenvalue weighted by Crippen LogP contribution is 2.41. The van der Waals surface area contributed by atoms with Crippen molar-refractivity contribution < 1.29 is 9.53 Å². The Morgan fingerprint density at radius 1 is 0.938 bits per heavy atom. The van der Waals surface area contributed by atoms with E-state index in [4.69, 9.17) is 4.74 Å². The van der Waals surface area contributed by atoms with Crippen LogP contribution < -0.4 is 10.1 Å². The lowest BCUT2D eigenvalue weighted by molar-refractivity contribution is -0.113. The van der Waals surface area contributed by atoms with Crippen molar-refractivity contribution in [3.63, 3.8) is 0 Å². The summed E-state index contributed by atoms with van der Waals surface area (Å²) in [6, 6.07) is 28.4. The minimum Gasteiger partial charge on any atom is -0.489 e. The first kappa shape index (κ1) is 20.4. The van der Waals surface area contributed by atoms with E-state index in [1.54, 1.807) is 11.8 Å². The number of aromatic nitrogens is 2. The lowest BCUT2D eigenvalue weighted by atomic mass is 10.1. The quantitative estimate of drug-likeness (QED) is 0.442. The molecule has 2 heterocycles. The smallest absolute Gasteiger partial charge is 0.235 e. The van der Waals surface area contributed by atoms with E-state index in [9.17, 15) is 4.79 Å². The van der Waals surface area contributed by atoms with Gasteiger partial charge in [-0.15, -0.1) is 11.8 Å². The van der Waals surface area contributed by atoms with Gasteiger partial charge in [0.2, 0.25) is 5.91 Å². The molecule has 0 radical (unpaired) electrons. The average molecular weight is 442 g/mol. The summed E-state index contributed by atoms with van der Waals surface area (Å²) in [6.45, 7) is 1.15. The van der Waals surface area contributed by atoms with Crippen molar-refractivity contribution in [3.05, 3.63) is 113 Å². The summed E-state index contributed by atoms with van der Waals surface area (Å²) in [5.74, 6) is 2.00. The Morgan fingerprint density at radius 2 is 1.62 bits per heavy atom. The molecule has 1 amide bonds. The molecule has 0 saturated carbocycles. The number of ether oxygens (including phenoxy) is 1. The zero-order valence-corrected chi connectivity index (χ0v) is 18.3. The van der Waals surface area contributed by atoms with Gasteiger partial charge in [-0.2, -0.15) is 5.10 Å². The minimum atomic E-state index is -0.00336. The Morgan fingerprint density at radius 3 is 2.34 bits per heavy atom. The van der Waals surface area contributed by atoms with Crippen molar-refractivity contribution in [2.75, 3.05) is 11.1 Å². The highest BCUT2D eigenvalue weighted by Gasteiger charge is 2.27.